The lowest BCUT2D eigenvalue weighted by molar-refractivity contribution is 0.0994. The molecule has 0 aromatic carbocycles. The van der Waals surface area contributed by atoms with E-state index in [1.807, 2.05) is 0 Å². The minimum atomic E-state index is -0.562. The van der Waals surface area contributed by atoms with Gasteiger partial charge in [0.2, 0.25) is 0 Å². The molecule has 1 aliphatic carbocycles. The number of nitrogens with one attached hydrogen (secondary N) is 1. The second-order valence-corrected chi connectivity index (χ2v) is 4.76. The normalized spacial score (nSPS) is 16.3. The second kappa shape index (κ2) is 5.30. The molecular weight excluding hydrogens is 232 g/mol. The van der Waals surface area contributed by atoms with E-state index in [9.17, 15) is 4.79 Å². The van der Waals surface area contributed by atoms with Gasteiger partial charge in [0.25, 0.3) is 5.91 Å². The molecule has 1 saturated carbocycles. The molecule has 3 N–H and O–H groups in total. The van der Waals surface area contributed by atoms with E-state index >= 15 is 0 Å². The van der Waals surface area contributed by atoms with Crippen molar-refractivity contribution in [3.8, 4) is 0 Å². The van der Waals surface area contributed by atoms with Gasteiger partial charge in [-0.05, 0) is 36.8 Å². The van der Waals surface area contributed by atoms with Crippen LogP contribution in [0.2, 0.25) is 0 Å². The first-order chi connectivity index (χ1) is 8.65. The predicted octanol–water partition coefficient (Wildman–Crippen LogP) is 0.804. The molecule has 0 saturated heterocycles. The summed E-state index contributed by atoms with van der Waals surface area (Å²) in [4.78, 5) is 10.8. The number of ether oxygens (including phenoxy) is 1. The number of hydrogen-bond donors (Lipinski definition) is 2. The van der Waals surface area contributed by atoms with Gasteiger partial charge in [-0.1, -0.05) is 0 Å². The van der Waals surface area contributed by atoms with Crippen molar-refractivity contribution in [2.24, 2.45) is 11.1 Å². The van der Waals surface area contributed by atoms with Gasteiger partial charge in [0, 0.05) is 20.3 Å². The standard InChI is InChI=1S/C12H18N4O2/c1-18-7-6-12(4-5-12)8-14-10-3-2-9(11(13)17)15-16-10/h2-3H,4-8H2,1H3,(H2,13,17)(H,14,16). The Morgan fingerprint density at radius 1 is 1.50 bits per heavy atom. The van der Waals surface area contributed by atoms with E-state index < -0.39 is 5.91 Å². The third kappa shape index (κ3) is 3.16. The van der Waals surface area contributed by atoms with Crippen LogP contribution in [-0.2, 0) is 4.74 Å². The summed E-state index contributed by atoms with van der Waals surface area (Å²) in [5, 5.41) is 10.9. The number of nitrogens with two attached hydrogens (primary N) is 1. The Morgan fingerprint density at radius 2 is 2.28 bits per heavy atom. The Bertz CT molecular complexity index is 415. The lowest BCUT2D eigenvalue weighted by Gasteiger charge is -2.15. The van der Waals surface area contributed by atoms with E-state index in [0.717, 1.165) is 19.6 Å². The summed E-state index contributed by atoms with van der Waals surface area (Å²) >= 11 is 0. The van der Waals surface area contributed by atoms with Crippen LogP contribution in [0.15, 0.2) is 12.1 Å². The number of hydrogen-bond acceptors (Lipinski definition) is 5. The molecule has 1 fully saturated rings. The average Bonchev–Trinajstić information content (AvgIpc) is 3.15. The van der Waals surface area contributed by atoms with Crippen LogP contribution in [0.25, 0.3) is 0 Å². The van der Waals surface area contributed by atoms with Gasteiger partial charge in [-0.15, -0.1) is 10.2 Å². The van der Waals surface area contributed by atoms with Crippen molar-refractivity contribution in [1.82, 2.24) is 10.2 Å². The minimum absolute atomic E-state index is 0.182. The van der Waals surface area contributed by atoms with Crippen molar-refractivity contribution < 1.29 is 9.53 Å². The van der Waals surface area contributed by atoms with E-state index in [1.54, 1.807) is 19.2 Å². The fourth-order valence-corrected chi connectivity index (χ4v) is 1.85. The summed E-state index contributed by atoms with van der Waals surface area (Å²) in [7, 11) is 1.72. The fraction of sp³-hybridized carbons (Fsp3) is 0.583. The molecule has 6 nitrogen and oxygen atoms in total. The summed E-state index contributed by atoms with van der Waals surface area (Å²) in [6.45, 7) is 1.65. The van der Waals surface area contributed by atoms with Gasteiger partial charge in [-0.2, -0.15) is 0 Å². The van der Waals surface area contributed by atoms with E-state index in [0.29, 0.717) is 11.2 Å². The molecular formula is C12H18N4O2. The molecule has 1 aliphatic rings. The molecule has 1 aromatic rings. The number of anilines is 1. The topological polar surface area (TPSA) is 90.1 Å². The van der Waals surface area contributed by atoms with Gasteiger partial charge < -0.3 is 15.8 Å². The first-order valence-electron chi connectivity index (χ1n) is 6.02. The van der Waals surface area contributed by atoms with E-state index in [1.165, 1.54) is 12.8 Å². The highest BCUT2D eigenvalue weighted by atomic mass is 16.5. The van der Waals surface area contributed by atoms with Crippen LogP contribution in [0.3, 0.4) is 0 Å². The first kappa shape index (κ1) is 12.8. The number of amides is 1. The predicted molar refractivity (Wildman–Crippen MR) is 67.2 cm³/mol. The zero-order valence-corrected chi connectivity index (χ0v) is 10.5. The molecule has 1 aromatic heterocycles. The number of primary amides is 1. The zero-order valence-electron chi connectivity index (χ0n) is 10.5. The average molecular weight is 250 g/mol. The third-order valence-electron chi connectivity index (χ3n) is 3.36. The van der Waals surface area contributed by atoms with Crippen LogP contribution in [0, 0.1) is 5.41 Å². The summed E-state index contributed by atoms with van der Waals surface area (Å²) < 4.78 is 5.10. The highest BCUT2D eigenvalue weighted by Gasteiger charge is 2.41. The summed E-state index contributed by atoms with van der Waals surface area (Å²) in [6, 6.07) is 3.30. The Balaban J connectivity index is 1.85. The van der Waals surface area contributed by atoms with Crippen LogP contribution in [0.5, 0.6) is 0 Å². The van der Waals surface area contributed by atoms with Crippen molar-refractivity contribution >= 4 is 11.7 Å². The van der Waals surface area contributed by atoms with E-state index in [4.69, 9.17) is 10.5 Å². The summed E-state index contributed by atoms with van der Waals surface area (Å²) in [5.41, 5.74) is 5.62. The Hall–Kier alpha value is -1.69. The summed E-state index contributed by atoms with van der Waals surface area (Å²) in [5.74, 6) is 0.108. The zero-order chi connectivity index (χ0) is 13.0. The van der Waals surface area contributed by atoms with Crippen molar-refractivity contribution in [3.05, 3.63) is 17.8 Å². The number of aromatic nitrogens is 2. The maximum atomic E-state index is 10.8. The van der Waals surface area contributed by atoms with Gasteiger partial charge >= 0.3 is 0 Å². The number of rotatable bonds is 7. The van der Waals surface area contributed by atoms with Crippen molar-refractivity contribution in [2.75, 3.05) is 25.6 Å². The molecule has 0 bridgehead atoms. The van der Waals surface area contributed by atoms with Crippen LogP contribution < -0.4 is 11.1 Å². The van der Waals surface area contributed by atoms with E-state index in [2.05, 4.69) is 15.5 Å². The van der Waals surface area contributed by atoms with Crippen LogP contribution in [0.1, 0.15) is 29.8 Å². The molecule has 0 atom stereocenters. The Labute approximate surface area is 106 Å². The van der Waals surface area contributed by atoms with Gasteiger partial charge in [0.05, 0.1) is 0 Å². The Morgan fingerprint density at radius 3 is 2.78 bits per heavy atom. The van der Waals surface area contributed by atoms with Crippen molar-refractivity contribution in [1.29, 1.82) is 0 Å². The molecule has 6 heteroatoms. The van der Waals surface area contributed by atoms with Crippen LogP contribution in [0.4, 0.5) is 5.82 Å². The highest BCUT2D eigenvalue weighted by Crippen LogP contribution is 2.48. The summed E-state index contributed by atoms with van der Waals surface area (Å²) in [6.07, 6.45) is 3.50. The molecule has 1 heterocycles. The molecule has 0 radical (unpaired) electrons. The SMILES string of the molecule is COCCC1(CNc2ccc(C(N)=O)nn2)CC1. The maximum absolute atomic E-state index is 10.8. The van der Waals surface area contributed by atoms with Gasteiger partial charge in [-0.3, -0.25) is 4.79 Å². The first-order valence-corrected chi connectivity index (χ1v) is 6.02. The van der Waals surface area contributed by atoms with Crippen molar-refractivity contribution in [2.45, 2.75) is 19.3 Å². The smallest absolute Gasteiger partial charge is 0.269 e. The highest BCUT2D eigenvalue weighted by molar-refractivity contribution is 5.90. The minimum Gasteiger partial charge on any atom is -0.385 e. The van der Waals surface area contributed by atoms with Gasteiger partial charge in [0.15, 0.2) is 5.69 Å². The van der Waals surface area contributed by atoms with Crippen LogP contribution in [-0.4, -0.2) is 36.4 Å². The Kier molecular flexibility index (Phi) is 3.76. The molecule has 2 rings (SSSR count). The lowest BCUT2D eigenvalue weighted by atomic mass is 10.0. The molecule has 1 amide bonds. The van der Waals surface area contributed by atoms with Crippen LogP contribution >= 0.6 is 0 Å². The molecule has 0 spiro atoms. The monoisotopic (exact) mass is 250 g/mol. The fourth-order valence-electron chi connectivity index (χ4n) is 1.85. The van der Waals surface area contributed by atoms with Crippen molar-refractivity contribution in [3.63, 3.8) is 0 Å². The molecule has 0 unspecified atom stereocenters. The third-order valence-corrected chi connectivity index (χ3v) is 3.36. The number of methoxy groups -OCH3 is 1. The largest absolute Gasteiger partial charge is 0.385 e. The quantitative estimate of drug-likeness (QED) is 0.747. The number of carbonyl (C=O) groups excluding carboxylic acids is 1. The molecule has 18 heavy (non-hydrogen) atoms. The maximum Gasteiger partial charge on any atom is 0.269 e. The molecule has 98 valence electrons. The van der Waals surface area contributed by atoms with E-state index in [-0.39, 0.29) is 5.69 Å². The lowest BCUT2D eigenvalue weighted by Crippen LogP contribution is -2.19. The second-order valence-electron chi connectivity index (χ2n) is 4.76. The number of nitrogens with zero attached hydrogens (tertiary/aromatic N) is 2. The van der Waals surface area contributed by atoms with Gasteiger partial charge in [-0.25, -0.2) is 0 Å². The molecule has 0 aliphatic heterocycles. The number of carbonyl (C=O) groups is 1. The van der Waals surface area contributed by atoms with Gasteiger partial charge in [0.1, 0.15) is 5.82 Å².